The van der Waals surface area contributed by atoms with Crippen LogP contribution in [0.5, 0.6) is 0 Å². The molecule has 2 aromatic rings. The summed E-state index contributed by atoms with van der Waals surface area (Å²) in [6.45, 7) is 0. The number of nitrogens with two attached hydrogens (primary N) is 1. The van der Waals surface area contributed by atoms with Gasteiger partial charge in [-0.1, -0.05) is 12.1 Å². The van der Waals surface area contributed by atoms with E-state index in [1.807, 2.05) is 0 Å². The Labute approximate surface area is 76.9 Å². The number of aryl methyl sites for hydroxylation is 2. The molecule has 0 unspecified atom stereocenters. The minimum atomic E-state index is 1.17. The number of rotatable bonds is 0. The summed E-state index contributed by atoms with van der Waals surface area (Å²) >= 11 is 0. The summed E-state index contributed by atoms with van der Waals surface area (Å²) < 4.78 is 1.75. The lowest BCUT2D eigenvalue weighted by atomic mass is 9.93. The van der Waals surface area contributed by atoms with E-state index < -0.39 is 0 Å². The third-order valence-electron chi connectivity index (χ3n) is 2.92. The van der Waals surface area contributed by atoms with E-state index in [2.05, 4.69) is 24.4 Å². The molecule has 0 saturated carbocycles. The Morgan fingerprint density at radius 1 is 1.15 bits per heavy atom. The van der Waals surface area contributed by atoms with E-state index in [1.165, 1.54) is 41.3 Å². The lowest BCUT2D eigenvalue weighted by Crippen LogP contribution is -2.04. The molecule has 0 fully saturated rings. The molecule has 0 aliphatic heterocycles. The Balaban J connectivity index is 2.51. The van der Waals surface area contributed by atoms with Gasteiger partial charge in [0.05, 0.1) is 5.52 Å². The van der Waals surface area contributed by atoms with Gasteiger partial charge in [0.25, 0.3) is 0 Å². The largest absolute Gasteiger partial charge is 0.339 e. The first kappa shape index (κ1) is 7.01. The van der Waals surface area contributed by atoms with Gasteiger partial charge in [-0.25, -0.2) is 0 Å². The fraction of sp³-hybridized carbons (Fsp3) is 0.273. The molecule has 0 saturated heterocycles. The van der Waals surface area contributed by atoms with Crippen molar-refractivity contribution in [3.63, 3.8) is 0 Å². The second-order valence-corrected chi connectivity index (χ2v) is 3.73. The molecule has 3 rings (SSSR count). The van der Waals surface area contributed by atoms with Crippen LogP contribution in [0.2, 0.25) is 0 Å². The number of nitrogens with zero attached hydrogens (tertiary/aromatic N) is 1. The monoisotopic (exact) mass is 172 g/mol. The van der Waals surface area contributed by atoms with Gasteiger partial charge in [-0.2, -0.15) is 0 Å². The summed E-state index contributed by atoms with van der Waals surface area (Å²) in [5, 5.41) is 1.40. The minimum absolute atomic E-state index is 1.17. The Morgan fingerprint density at radius 3 is 2.92 bits per heavy atom. The van der Waals surface area contributed by atoms with Crippen LogP contribution in [-0.2, 0) is 12.8 Å². The first-order valence-electron chi connectivity index (χ1n) is 4.73. The maximum absolute atomic E-state index is 5.87. The van der Waals surface area contributed by atoms with Crippen molar-refractivity contribution in [2.75, 3.05) is 5.84 Å². The Hall–Kier alpha value is -1.44. The summed E-state index contributed by atoms with van der Waals surface area (Å²) in [5.41, 5.74) is 4.05. The topological polar surface area (TPSA) is 30.9 Å². The summed E-state index contributed by atoms with van der Waals surface area (Å²) in [4.78, 5) is 0. The predicted molar refractivity (Wildman–Crippen MR) is 54.1 cm³/mol. The van der Waals surface area contributed by atoms with Crippen molar-refractivity contribution < 1.29 is 0 Å². The van der Waals surface area contributed by atoms with Crippen molar-refractivity contribution in [1.29, 1.82) is 0 Å². The highest BCUT2D eigenvalue weighted by atomic mass is 15.3. The van der Waals surface area contributed by atoms with Gasteiger partial charge in [-0.05, 0) is 36.5 Å². The van der Waals surface area contributed by atoms with Crippen molar-refractivity contribution in [2.45, 2.75) is 19.3 Å². The van der Waals surface area contributed by atoms with E-state index in [-0.39, 0.29) is 0 Å². The number of nitrogen functional groups attached to an aromatic ring is 1. The Morgan fingerprint density at radius 2 is 2.00 bits per heavy atom. The molecule has 1 heterocycles. The van der Waals surface area contributed by atoms with Crippen LogP contribution in [0.25, 0.3) is 10.9 Å². The zero-order valence-electron chi connectivity index (χ0n) is 7.46. The van der Waals surface area contributed by atoms with Crippen LogP contribution < -0.4 is 5.84 Å². The maximum Gasteiger partial charge on any atom is 0.0695 e. The summed E-state index contributed by atoms with van der Waals surface area (Å²) in [6.07, 6.45) is 5.70. The van der Waals surface area contributed by atoms with E-state index in [0.29, 0.717) is 0 Å². The molecule has 2 nitrogen and oxygen atoms in total. The number of aromatic nitrogens is 1. The highest BCUT2D eigenvalue weighted by Crippen LogP contribution is 2.29. The molecule has 0 bridgehead atoms. The van der Waals surface area contributed by atoms with Crippen molar-refractivity contribution in [3.8, 4) is 0 Å². The third kappa shape index (κ3) is 0.829. The van der Waals surface area contributed by atoms with Gasteiger partial charge in [-0.3, -0.25) is 4.68 Å². The van der Waals surface area contributed by atoms with Gasteiger partial charge in [0.2, 0.25) is 0 Å². The molecule has 1 aliphatic rings. The first-order valence-corrected chi connectivity index (χ1v) is 4.73. The van der Waals surface area contributed by atoms with Crippen molar-refractivity contribution >= 4 is 10.9 Å². The summed E-state index contributed by atoms with van der Waals surface area (Å²) in [7, 11) is 0. The predicted octanol–water partition coefficient (Wildman–Crippen LogP) is 1.84. The van der Waals surface area contributed by atoms with Gasteiger partial charge in [0.15, 0.2) is 0 Å². The van der Waals surface area contributed by atoms with Crippen molar-refractivity contribution in [2.24, 2.45) is 0 Å². The molecular formula is C11H12N2. The standard InChI is InChI=1S/C11H12N2/c12-13-7-9-5-1-3-8-4-2-6-10(13)11(8)9/h2,4,6-7H,1,3,5,12H2. The zero-order chi connectivity index (χ0) is 8.84. The average Bonchev–Trinajstić information content (AvgIpc) is 2.47. The van der Waals surface area contributed by atoms with Gasteiger partial charge in [-0.15, -0.1) is 0 Å². The van der Waals surface area contributed by atoms with Crippen molar-refractivity contribution in [1.82, 2.24) is 4.68 Å². The van der Waals surface area contributed by atoms with E-state index >= 15 is 0 Å². The summed E-state index contributed by atoms with van der Waals surface area (Å²) in [6, 6.07) is 6.40. The fourth-order valence-electron chi connectivity index (χ4n) is 2.34. The summed E-state index contributed by atoms with van der Waals surface area (Å²) in [5.74, 6) is 5.87. The minimum Gasteiger partial charge on any atom is -0.339 e. The number of hydrogen-bond acceptors (Lipinski definition) is 1. The highest BCUT2D eigenvalue weighted by Gasteiger charge is 2.14. The smallest absolute Gasteiger partial charge is 0.0695 e. The molecule has 0 amide bonds. The first-order chi connectivity index (χ1) is 6.36. The van der Waals surface area contributed by atoms with Crippen LogP contribution in [0.1, 0.15) is 17.5 Å². The van der Waals surface area contributed by atoms with Crippen LogP contribution in [-0.4, -0.2) is 4.68 Å². The fourth-order valence-corrected chi connectivity index (χ4v) is 2.34. The van der Waals surface area contributed by atoms with Crippen LogP contribution >= 0.6 is 0 Å². The van der Waals surface area contributed by atoms with E-state index in [9.17, 15) is 0 Å². The Kier molecular flexibility index (Phi) is 1.23. The molecule has 0 spiro atoms. The van der Waals surface area contributed by atoms with Crippen molar-refractivity contribution in [3.05, 3.63) is 35.5 Å². The quantitative estimate of drug-likeness (QED) is 0.604. The molecule has 2 heteroatoms. The second-order valence-electron chi connectivity index (χ2n) is 3.73. The van der Waals surface area contributed by atoms with E-state index in [0.717, 1.165) is 0 Å². The van der Waals surface area contributed by atoms with E-state index in [4.69, 9.17) is 5.84 Å². The number of benzene rings is 1. The third-order valence-corrected chi connectivity index (χ3v) is 2.92. The molecule has 0 atom stereocenters. The van der Waals surface area contributed by atoms with Crippen LogP contribution in [0.4, 0.5) is 0 Å². The molecule has 1 aromatic carbocycles. The lowest BCUT2D eigenvalue weighted by Gasteiger charge is -2.10. The Bertz CT molecular complexity index is 468. The van der Waals surface area contributed by atoms with Crippen LogP contribution in [0.3, 0.4) is 0 Å². The highest BCUT2D eigenvalue weighted by molar-refractivity contribution is 5.88. The van der Waals surface area contributed by atoms with Crippen LogP contribution in [0, 0.1) is 0 Å². The molecule has 13 heavy (non-hydrogen) atoms. The molecule has 66 valence electrons. The normalized spacial score (nSPS) is 15.1. The maximum atomic E-state index is 5.87. The van der Waals surface area contributed by atoms with Crippen LogP contribution in [0.15, 0.2) is 24.4 Å². The zero-order valence-corrected chi connectivity index (χ0v) is 7.46. The number of hydrogen-bond donors (Lipinski definition) is 1. The van der Waals surface area contributed by atoms with Gasteiger partial charge in [0.1, 0.15) is 0 Å². The molecule has 1 aliphatic carbocycles. The molecule has 2 N–H and O–H groups in total. The van der Waals surface area contributed by atoms with Gasteiger partial charge >= 0.3 is 0 Å². The SMILES string of the molecule is Nn1cc2c3c(cccc31)CCC2. The van der Waals surface area contributed by atoms with Gasteiger partial charge in [0, 0.05) is 11.6 Å². The molecule has 1 aromatic heterocycles. The second kappa shape index (κ2) is 2.28. The molecular weight excluding hydrogens is 160 g/mol. The van der Waals surface area contributed by atoms with Gasteiger partial charge < -0.3 is 5.84 Å². The molecule has 0 radical (unpaired) electrons. The van der Waals surface area contributed by atoms with E-state index in [1.54, 1.807) is 4.68 Å². The average molecular weight is 172 g/mol. The lowest BCUT2D eigenvalue weighted by molar-refractivity contribution is 0.808.